The Morgan fingerprint density at radius 1 is 1.44 bits per heavy atom. The Balaban J connectivity index is 3.41. The lowest BCUT2D eigenvalue weighted by Gasteiger charge is -2.16. The molecule has 0 aromatic rings. The van der Waals surface area contributed by atoms with E-state index in [1.807, 2.05) is 11.8 Å². The molecule has 9 heavy (non-hydrogen) atoms. The van der Waals surface area contributed by atoms with E-state index in [4.69, 9.17) is 0 Å². The van der Waals surface area contributed by atoms with E-state index in [1.54, 1.807) is 0 Å². The van der Waals surface area contributed by atoms with Gasteiger partial charge in [0.15, 0.2) is 0 Å². The van der Waals surface area contributed by atoms with Gasteiger partial charge >= 0.3 is 0 Å². The third-order valence-corrected chi connectivity index (χ3v) is 3.02. The Bertz CT molecular complexity index is 59.6. The highest BCUT2D eigenvalue weighted by molar-refractivity contribution is 7.99. The third kappa shape index (κ3) is 3.85. The highest BCUT2D eigenvalue weighted by Crippen LogP contribution is 2.21. The predicted molar refractivity (Wildman–Crippen MR) is 46.7 cm³/mol. The lowest BCUT2D eigenvalue weighted by atomic mass is 10.1. The van der Waals surface area contributed by atoms with Crippen molar-refractivity contribution in [3.8, 4) is 0 Å². The first kappa shape index (κ1) is 9.35. The smallest absolute Gasteiger partial charge is 0.00674 e. The Hall–Kier alpha value is 0.350. The maximum Gasteiger partial charge on any atom is 0.00674 e. The minimum Gasteiger partial charge on any atom is -0.158 e. The molecule has 0 aromatic carbocycles. The van der Waals surface area contributed by atoms with Crippen molar-refractivity contribution < 1.29 is 0 Å². The zero-order valence-electron chi connectivity index (χ0n) is 6.68. The molecule has 0 aliphatic rings. The Morgan fingerprint density at radius 2 is 2.00 bits per heavy atom. The van der Waals surface area contributed by atoms with Crippen molar-refractivity contribution in [2.75, 3.05) is 5.75 Å². The van der Waals surface area contributed by atoms with Crippen LogP contribution in [0.2, 0.25) is 0 Å². The van der Waals surface area contributed by atoms with E-state index in [0.717, 1.165) is 16.9 Å². The van der Waals surface area contributed by atoms with Gasteiger partial charge in [-0.2, -0.15) is 11.8 Å². The summed E-state index contributed by atoms with van der Waals surface area (Å²) in [6.45, 7) is 10.6. The van der Waals surface area contributed by atoms with Crippen molar-refractivity contribution in [3.05, 3.63) is 6.92 Å². The van der Waals surface area contributed by atoms with Crippen LogP contribution in [0.5, 0.6) is 0 Å². The van der Waals surface area contributed by atoms with Crippen LogP contribution in [0.1, 0.15) is 27.2 Å². The first-order valence-electron chi connectivity index (χ1n) is 3.63. The van der Waals surface area contributed by atoms with Crippen LogP contribution in [0.15, 0.2) is 0 Å². The SMILES string of the molecule is [CH2]CSC(CC)C(C)C. The number of thioether (sulfide) groups is 1. The van der Waals surface area contributed by atoms with E-state index in [9.17, 15) is 0 Å². The molecule has 0 aromatic heterocycles. The molecule has 0 N–H and O–H groups in total. The fraction of sp³-hybridized carbons (Fsp3) is 0.875. The van der Waals surface area contributed by atoms with E-state index in [0.29, 0.717) is 0 Å². The van der Waals surface area contributed by atoms with Crippen LogP contribution in [0, 0.1) is 12.8 Å². The second kappa shape index (κ2) is 5.16. The molecule has 0 saturated heterocycles. The van der Waals surface area contributed by atoms with Crippen LogP contribution in [0.3, 0.4) is 0 Å². The van der Waals surface area contributed by atoms with Gasteiger partial charge in [-0.25, -0.2) is 0 Å². The largest absolute Gasteiger partial charge is 0.158 e. The van der Waals surface area contributed by atoms with Gasteiger partial charge in [0.2, 0.25) is 0 Å². The first-order valence-corrected chi connectivity index (χ1v) is 4.68. The molecule has 55 valence electrons. The van der Waals surface area contributed by atoms with Crippen molar-refractivity contribution in [3.63, 3.8) is 0 Å². The Morgan fingerprint density at radius 3 is 2.11 bits per heavy atom. The highest BCUT2D eigenvalue weighted by Gasteiger charge is 2.08. The average molecular weight is 145 g/mol. The lowest BCUT2D eigenvalue weighted by molar-refractivity contribution is 0.594. The fourth-order valence-corrected chi connectivity index (χ4v) is 1.86. The summed E-state index contributed by atoms with van der Waals surface area (Å²) in [7, 11) is 0. The molecular weight excluding hydrogens is 128 g/mol. The van der Waals surface area contributed by atoms with Gasteiger partial charge in [0, 0.05) is 5.25 Å². The zero-order valence-corrected chi connectivity index (χ0v) is 7.50. The summed E-state index contributed by atoms with van der Waals surface area (Å²) in [6.07, 6.45) is 1.28. The number of hydrogen-bond acceptors (Lipinski definition) is 1. The van der Waals surface area contributed by atoms with E-state index in [2.05, 4.69) is 27.7 Å². The quantitative estimate of drug-likeness (QED) is 0.586. The molecule has 0 fully saturated rings. The molecule has 0 heterocycles. The number of hydrogen-bond donors (Lipinski definition) is 0. The third-order valence-electron chi connectivity index (χ3n) is 1.48. The minimum absolute atomic E-state index is 0.807. The zero-order chi connectivity index (χ0) is 7.28. The summed E-state index contributed by atoms with van der Waals surface area (Å²) in [5.74, 6) is 1.82. The van der Waals surface area contributed by atoms with E-state index in [1.165, 1.54) is 6.42 Å². The maximum atomic E-state index is 3.82. The summed E-state index contributed by atoms with van der Waals surface area (Å²) >= 11 is 1.97. The normalized spacial score (nSPS) is 14.3. The molecule has 0 aliphatic heterocycles. The van der Waals surface area contributed by atoms with Crippen molar-refractivity contribution in [1.29, 1.82) is 0 Å². The monoisotopic (exact) mass is 145 g/mol. The van der Waals surface area contributed by atoms with Gasteiger partial charge in [0.1, 0.15) is 0 Å². The van der Waals surface area contributed by atoms with Crippen molar-refractivity contribution >= 4 is 11.8 Å². The van der Waals surface area contributed by atoms with Gasteiger partial charge < -0.3 is 0 Å². The average Bonchev–Trinajstić information content (AvgIpc) is 1.82. The second-order valence-electron chi connectivity index (χ2n) is 2.56. The van der Waals surface area contributed by atoms with Crippen LogP contribution in [0.25, 0.3) is 0 Å². The van der Waals surface area contributed by atoms with Crippen molar-refractivity contribution in [2.24, 2.45) is 5.92 Å². The molecule has 0 nitrogen and oxygen atoms in total. The highest BCUT2D eigenvalue weighted by atomic mass is 32.2. The topological polar surface area (TPSA) is 0 Å². The van der Waals surface area contributed by atoms with Crippen LogP contribution in [-0.2, 0) is 0 Å². The molecule has 1 radical (unpaired) electrons. The molecule has 0 amide bonds. The summed E-state index contributed by atoms with van der Waals surface area (Å²) in [5.41, 5.74) is 0. The van der Waals surface area contributed by atoms with Crippen molar-refractivity contribution in [2.45, 2.75) is 32.4 Å². The fourth-order valence-electron chi connectivity index (χ4n) is 0.933. The van der Waals surface area contributed by atoms with E-state index < -0.39 is 0 Å². The van der Waals surface area contributed by atoms with Crippen LogP contribution in [0.4, 0.5) is 0 Å². The standard InChI is InChI=1S/C8H17S/c1-5-8(7(3)4)9-6-2/h7-8H,2,5-6H2,1,3-4H3. The van der Waals surface area contributed by atoms with Gasteiger partial charge in [-0.3, -0.25) is 0 Å². The summed E-state index contributed by atoms with van der Waals surface area (Å²) in [6, 6.07) is 0. The maximum absolute atomic E-state index is 3.82. The van der Waals surface area contributed by atoms with E-state index >= 15 is 0 Å². The molecule has 1 atom stereocenters. The molecule has 0 bridgehead atoms. The second-order valence-corrected chi connectivity index (χ2v) is 3.91. The number of rotatable bonds is 4. The first-order chi connectivity index (χ1) is 4.22. The van der Waals surface area contributed by atoms with Crippen LogP contribution >= 0.6 is 11.8 Å². The molecule has 0 rings (SSSR count). The van der Waals surface area contributed by atoms with Crippen LogP contribution in [-0.4, -0.2) is 11.0 Å². The molecule has 1 unspecified atom stereocenters. The Labute approximate surface area is 63.4 Å². The predicted octanol–water partition coefficient (Wildman–Crippen LogP) is 2.99. The van der Waals surface area contributed by atoms with Gasteiger partial charge in [0.05, 0.1) is 0 Å². The summed E-state index contributed by atoms with van der Waals surface area (Å²) < 4.78 is 0. The van der Waals surface area contributed by atoms with Gasteiger partial charge in [-0.1, -0.05) is 20.8 Å². The lowest BCUT2D eigenvalue weighted by Crippen LogP contribution is -2.09. The van der Waals surface area contributed by atoms with Crippen molar-refractivity contribution in [1.82, 2.24) is 0 Å². The minimum atomic E-state index is 0.807. The summed E-state index contributed by atoms with van der Waals surface area (Å²) in [4.78, 5) is 0. The van der Waals surface area contributed by atoms with Gasteiger partial charge in [-0.05, 0) is 25.0 Å². The van der Waals surface area contributed by atoms with E-state index in [-0.39, 0.29) is 0 Å². The molecule has 0 spiro atoms. The summed E-state index contributed by atoms with van der Waals surface area (Å²) in [5, 5.41) is 0.822. The molecule has 0 saturated carbocycles. The van der Waals surface area contributed by atoms with Gasteiger partial charge in [0.25, 0.3) is 0 Å². The Kier molecular flexibility index (Phi) is 5.36. The molecule has 1 heteroatoms. The van der Waals surface area contributed by atoms with Gasteiger partial charge in [-0.15, -0.1) is 0 Å². The molecular formula is C8H17S. The molecule has 0 aliphatic carbocycles. The van der Waals surface area contributed by atoms with Crippen LogP contribution < -0.4 is 0 Å².